The van der Waals surface area contributed by atoms with Crippen molar-refractivity contribution in [2.24, 2.45) is 5.14 Å². The van der Waals surface area contributed by atoms with Gasteiger partial charge in [-0.1, -0.05) is 0 Å². The zero-order valence-corrected chi connectivity index (χ0v) is 15.6. The van der Waals surface area contributed by atoms with Gasteiger partial charge < -0.3 is 5.32 Å². The molecule has 24 heavy (non-hydrogen) atoms. The number of nitrogens with zero attached hydrogens (tertiary/aromatic N) is 1. The average Bonchev–Trinajstić information content (AvgIpc) is 2.88. The minimum absolute atomic E-state index is 0.00107. The average molecular weight is 367 g/mol. The molecule has 0 atom stereocenters. The Balaban J connectivity index is 2.01. The zero-order chi connectivity index (χ0) is 17.9. The van der Waals surface area contributed by atoms with Crippen LogP contribution in [0.2, 0.25) is 0 Å². The van der Waals surface area contributed by atoms with Gasteiger partial charge in [0.15, 0.2) is 0 Å². The Morgan fingerprint density at radius 1 is 1.29 bits per heavy atom. The number of nitrogens with two attached hydrogens (primary N) is 1. The third-order valence-corrected chi connectivity index (χ3v) is 5.46. The Hall–Kier alpha value is -1.77. The molecular formula is C16H21N3O3S2. The number of benzene rings is 1. The van der Waals surface area contributed by atoms with Gasteiger partial charge in [0.05, 0.1) is 15.6 Å². The second-order valence-electron chi connectivity index (χ2n) is 5.72. The maximum absolute atomic E-state index is 12.1. The molecular weight excluding hydrogens is 346 g/mol. The van der Waals surface area contributed by atoms with E-state index in [2.05, 4.69) is 10.3 Å². The van der Waals surface area contributed by atoms with Crippen molar-refractivity contribution in [2.45, 2.75) is 44.9 Å². The molecule has 0 unspecified atom stereocenters. The lowest BCUT2D eigenvalue weighted by molar-refractivity contribution is -0.116. The van der Waals surface area contributed by atoms with Gasteiger partial charge in [0, 0.05) is 17.5 Å². The van der Waals surface area contributed by atoms with Crippen molar-refractivity contribution in [2.75, 3.05) is 5.32 Å². The van der Waals surface area contributed by atoms with Gasteiger partial charge in [0.1, 0.15) is 0 Å². The Morgan fingerprint density at radius 3 is 2.58 bits per heavy atom. The van der Waals surface area contributed by atoms with Crippen LogP contribution in [0.5, 0.6) is 0 Å². The SMILES string of the molecule is Cc1nc(CCCC(=O)Nc2cc(S(N)(=O)=O)cc(C)c2C)cs1. The molecule has 0 fully saturated rings. The molecule has 0 spiro atoms. The minimum atomic E-state index is -3.81. The van der Waals surface area contributed by atoms with Crippen molar-refractivity contribution in [3.63, 3.8) is 0 Å². The van der Waals surface area contributed by atoms with E-state index in [1.807, 2.05) is 19.2 Å². The number of amides is 1. The Morgan fingerprint density at radius 2 is 2.00 bits per heavy atom. The lowest BCUT2D eigenvalue weighted by Crippen LogP contribution is -2.16. The fourth-order valence-electron chi connectivity index (χ4n) is 2.29. The molecule has 3 N–H and O–H groups in total. The van der Waals surface area contributed by atoms with E-state index in [1.54, 1.807) is 18.3 Å². The fraction of sp³-hybridized carbons (Fsp3) is 0.375. The van der Waals surface area contributed by atoms with Crippen LogP contribution in [0, 0.1) is 20.8 Å². The topological polar surface area (TPSA) is 102 Å². The van der Waals surface area contributed by atoms with Gasteiger partial charge in [-0.15, -0.1) is 11.3 Å². The van der Waals surface area contributed by atoms with Crippen LogP contribution in [0.25, 0.3) is 0 Å². The molecule has 6 nitrogen and oxygen atoms in total. The molecule has 1 aromatic carbocycles. The summed E-state index contributed by atoms with van der Waals surface area (Å²) in [5.74, 6) is -0.156. The number of sulfonamides is 1. The summed E-state index contributed by atoms with van der Waals surface area (Å²) < 4.78 is 23.0. The van der Waals surface area contributed by atoms with E-state index >= 15 is 0 Å². The van der Waals surface area contributed by atoms with Crippen molar-refractivity contribution in [3.05, 3.63) is 39.3 Å². The second-order valence-corrected chi connectivity index (χ2v) is 8.34. The molecule has 130 valence electrons. The van der Waals surface area contributed by atoms with Gasteiger partial charge in [-0.3, -0.25) is 4.79 Å². The molecule has 0 aliphatic carbocycles. The Kier molecular flexibility index (Phi) is 5.74. The number of carbonyl (C=O) groups excluding carboxylic acids is 1. The van der Waals surface area contributed by atoms with Crippen molar-refractivity contribution < 1.29 is 13.2 Å². The molecule has 0 bridgehead atoms. The van der Waals surface area contributed by atoms with Crippen LogP contribution in [0.3, 0.4) is 0 Å². The molecule has 2 rings (SSSR count). The van der Waals surface area contributed by atoms with E-state index < -0.39 is 10.0 Å². The number of aromatic nitrogens is 1. The fourth-order valence-corrected chi connectivity index (χ4v) is 3.56. The predicted molar refractivity (Wildman–Crippen MR) is 95.7 cm³/mol. The van der Waals surface area contributed by atoms with Crippen LogP contribution >= 0.6 is 11.3 Å². The van der Waals surface area contributed by atoms with Crippen molar-refractivity contribution in [3.8, 4) is 0 Å². The number of hydrogen-bond acceptors (Lipinski definition) is 5. The summed E-state index contributed by atoms with van der Waals surface area (Å²) in [5.41, 5.74) is 3.06. The van der Waals surface area contributed by atoms with Gasteiger partial charge in [-0.2, -0.15) is 0 Å². The number of hydrogen-bond donors (Lipinski definition) is 2. The molecule has 0 radical (unpaired) electrons. The third kappa shape index (κ3) is 4.86. The molecule has 8 heteroatoms. The summed E-state index contributed by atoms with van der Waals surface area (Å²) in [6.07, 6.45) is 1.77. The first-order valence-electron chi connectivity index (χ1n) is 7.51. The van der Waals surface area contributed by atoms with Crippen LogP contribution in [-0.4, -0.2) is 19.3 Å². The summed E-state index contributed by atoms with van der Waals surface area (Å²) in [5, 5.41) is 11.0. The number of anilines is 1. The summed E-state index contributed by atoms with van der Waals surface area (Å²) in [6.45, 7) is 5.56. The van der Waals surface area contributed by atoms with Crippen molar-refractivity contribution in [1.82, 2.24) is 4.98 Å². The van der Waals surface area contributed by atoms with Crippen LogP contribution in [0.4, 0.5) is 5.69 Å². The van der Waals surface area contributed by atoms with E-state index in [4.69, 9.17) is 5.14 Å². The first kappa shape index (κ1) is 18.6. The quantitative estimate of drug-likeness (QED) is 0.819. The first-order chi connectivity index (χ1) is 11.2. The monoisotopic (exact) mass is 367 g/mol. The Labute approximate surface area is 146 Å². The molecule has 1 heterocycles. The normalized spacial score (nSPS) is 11.5. The van der Waals surface area contributed by atoms with E-state index in [9.17, 15) is 13.2 Å². The molecule has 0 saturated heterocycles. The number of carbonyl (C=O) groups is 1. The summed E-state index contributed by atoms with van der Waals surface area (Å²) >= 11 is 1.59. The zero-order valence-electron chi connectivity index (χ0n) is 13.9. The standard InChI is InChI=1S/C16H21N3O3S2/c1-10-7-14(24(17,21)22)8-15(11(10)2)19-16(20)6-4-5-13-9-23-12(3)18-13/h7-9H,4-6H2,1-3H3,(H,19,20)(H2,17,21,22). The highest BCUT2D eigenvalue weighted by Crippen LogP contribution is 2.24. The van der Waals surface area contributed by atoms with E-state index in [1.165, 1.54) is 12.1 Å². The maximum Gasteiger partial charge on any atom is 0.238 e. The summed E-state index contributed by atoms with van der Waals surface area (Å²) in [7, 11) is -3.81. The van der Waals surface area contributed by atoms with E-state index in [0.29, 0.717) is 18.5 Å². The number of thiazole rings is 1. The minimum Gasteiger partial charge on any atom is -0.326 e. The molecule has 0 saturated carbocycles. The van der Waals surface area contributed by atoms with Gasteiger partial charge in [-0.25, -0.2) is 18.5 Å². The van der Waals surface area contributed by atoms with E-state index in [-0.39, 0.29) is 10.8 Å². The molecule has 2 aromatic rings. The molecule has 1 aromatic heterocycles. The van der Waals surface area contributed by atoms with Crippen LogP contribution < -0.4 is 10.5 Å². The van der Waals surface area contributed by atoms with Gasteiger partial charge in [-0.05, 0) is 56.9 Å². The molecule has 0 aliphatic heterocycles. The number of nitrogens with one attached hydrogen (secondary N) is 1. The lowest BCUT2D eigenvalue weighted by atomic mass is 10.1. The summed E-state index contributed by atoms with van der Waals surface area (Å²) in [4.78, 5) is 16.5. The second kappa shape index (κ2) is 7.42. The van der Waals surface area contributed by atoms with Gasteiger partial charge in [0.2, 0.25) is 15.9 Å². The maximum atomic E-state index is 12.1. The van der Waals surface area contributed by atoms with Gasteiger partial charge in [0.25, 0.3) is 0 Å². The van der Waals surface area contributed by atoms with Crippen molar-refractivity contribution >= 4 is 33.0 Å². The summed E-state index contributed by atoms with van der Waals surface area (Å²) in [6, 6.07) is 2.91. The number of primary sulfonamides is 1. The molecule has 1 amide bonds. The lowest BCUT2D eigenvalue weighted by Gasteiger charge is -2.12. The highest BCUT2D eigenvalue weighted by Gasteiger charge is 2.14. The molecule has 0 aliphatic rings. The van der Waals surface area contributed by atoms with Crippen LogP contribution in [-0.2, 0) is 21.2 Å². The first-order valence-corrected chi connectivity index (χ1v) is 9.94. The van der Waals surface area contributed by atoms with Crippen LogP contribution in [0.1, 0.15) is 34.7 Å². The van der Waals surface area contributed by atoms with Crippen LogP contribution in [0.15, 0.2) is 22.4 Å². The Bertz CT molecular complexity index is 857. The predicted octanol–water partition coefficient (Wildman–Crippen LogP) is 2.68. The van der Waals surface area contributed by atoms with Gasteiger partial charge >= 0.3 is 0 Å². The largest absolute Gasteiger partial charge is 0.326 e. The highest BCUT2D eigenvalue weighted by atomic mass is 32.2. The van der Waals surface area contributed by atoms with Crippen molar-refractivity contribution in [1.29, 1.82) is 0 Å². The smallest absolute Gasteiger partial charge is 0.238 e. The number of aryl methyl sites for hydroxylation is 3. The van der Waals surface area contributed by atoms with E-state index in [0.717, 1.165) is 28.2 Å². The highest BCUT2D eigenvalue weighted by molar-refractivity contribution is 7.89. The number of rotatable bonds is 6. The third-order valence-electron chi connectivity index (χ3n) is 3.75.